The average molecular weight is 248 g/mol. The van der Waals surface area contributed by atoms with E-state index in [1.807, 2.05) is 24.3 Å². The van der Waals surface area contributed by atoms with Crippen molar-refractivity contribution in [3.63, 3.8) is 0 Å². The Labute approximate surface area is 104 Å². The van der Waals surface area contributed by atoms with Gasteiger partial charge in [-0.3, -0.25) is 0 Å². The molecule has 2 nitrogen and oxygen atoms in total. The van der Waals surface area contributed by atoms with Gasteiger partial charge in [-0.25, -0.2) is 4.79 Å². The summed E-state index contributed by atoms with van der Waals surface area (Å²) >= 11 is 0. The van der Waals surface area contributed by atoms with E-state index in [1.165, 1.54) is 5.56 Å². The van der Waals surface area contributed by atoms with Crippen molar-refractivity contribution in [1.29, 1.82) is 0 Å². The molecule has 92 valence electrons. The number of carbonyl (C=O) groups is 1. The summed E-state index contributed by atoms with van der Waals surface area (Å²) < 4.78 is 0. The Morgan fingerprint density at radius 2 is 1.82 bits per heavy atom. The smallest absolute Gasteiger partial charge is 0.327 e. The summed E-state index contributed by atoms with van der Waals surface area (Å²) in [6.45, 7) is 6.19. The Kier molecular flexibility index (Phi) is 4.69. The number of allylic oxidation sites excluding steroid dienone is 1. The van der Waals surface area contributed by atoms with Crippen molar-refractivity contribution in [2.75, 3.05) is 0 Å². The molecule has 0 aliphatic carbocycles. The van der Waals surface area contributed by atoms with Crippen molar-refractivity contribution in [2.24, 2.45) is 0 Å². The number of carboxylic acid groups (broad SMARTS) is 1. The van der Waals surface area contributed by atoms with Crippen molar-refractivity contribution in [2.45, 2.75) is 32.5 Å². The highest BCUT2D eigenvalue weighted by atomic mass is 28.3. The lowest BCUT2D eigenvalue weighted by Crippen LogP contribution is -2.29. The lowest BCUT2D eigenvalue weighted by Gasteiger charge is -2.16. The van der Waals surface area contributed by atoms with Gasteiger partial charge in [0.15, 0.2) is 0 Å². The lowest BCUT2D eigenvalue weighted by molar-refractivity contribution is -0.132. The largest absolute Gasteiger partial charge is 0.478 e. The third kappa shape index (κ3) is 4.57. The fourth-order valence-corrected chi connectivity index (χ4v) is 3.14. The molecule has 0 saturated carbocycles. The zero-order valence-electron chi connectivity index (χ0n) is 10.7. The SMILES string of the molecule is C[Si](C)(C)/C(=C/CCc1ccccc1)C(=O)O. The molecule has 0 radical (unpaired) electrons. The molecule has 0 aliphatic heterocycles. The fraction of sp³-hybridized carbons (Fsp3) is 0.357. The van der Waals surface area contributed by atoms with Crippen LogP contribution >= 0.6 is 0 Å². The predicted molar refractivity (Wildman–Crippen MR) is 73.8 cm³/mol. The summed E-state index contributed by atoms with van der Waals surface area (Å²) in [6.07, 6.45) is 3.61. The molecule has 1 aromatic rings. The van der Waals surface area contributed by atoms with Crippen LogP contribution in [0.1, 0.15) is 12.0 Å². The maximum Gasteiger partial charge on any atom is 0.327 e. The molecule has 0 heterocycles. The first-order chi connectivity index (χ1) is 7.91. The van der Waals surface area contributed by atoms with Crippen LogP contribution in [0, 0.1) is 0 Å². The van der Waals surface area contributed by atoms with Crippen LogP contribution in [0.25, 0.3) is 0 Å². The van der Waals surface area contributed by atoms with Crippen molar-refractivity contribution < 1.29 is 9.90 Å². The van der Waals surface area contributed by atoms with E-state index in [-0.39, 0.29) is 0 Å². The van der Waals surface area contributed by atoms with Gasteiger partial charge in [-0.2, -0.15) is 0 Å². The highest BCUT2D eigenvalue weighted by molar-refractivity contribution is 6.86. The molecule has 0 amide bonds. The third-order valence-corrected chi connectivity index (χ3v) is 4.70. The maximum atomic E-state index is 11.2. The summed E-state index contributed by atoms with van der Waals surface area (Å²) in [4.78, 5) is 11.2. The highest BCUT2D eigenvalue weighted by Gasteiger charge is 2.24. The summed E-state index contributed by atoms with van der Waals surface area (Å²) in [5.74, 6) is -0.753. The summed E-state index contributed by atoms with van der Waals surface area (Å²) in [5.41, 5.74) is 1.25. The van der Waals surface area contributed by atoms with Gasteiger partial charge in [-0.05, 0) is 18.4 Å². The number of carboxylic acids is 1. The second kappa shape index (κ2) is 5.82. The average Bonchev–Trinajstić information content (AvgIpc) is 2.23. The normalized spacial score (nSPS) is 12.5. The quantitative estimate of drug-likeness (QED) is 0.639. The standard InChI is InChI=1S/C14H20O2Si/c1-17(2,3)13(14(15)16)11-7-10-12-8-5-4-6-9-12/h4-6,8-9,11H,7,10H2,1-3H3,(H,15,16)/b13-11+. The van der Waals surface area contributed by atoms with Crippen LogP contribution in [0.2, 0.25) is 19.6 Å². The second-order valence-corrected chi connectivity index (χ2v) is 10.2. The Balaban J connectivity index is 2.66. The summed E-state index contributed by atoms with van der Waals surface area (Å²) in [5, 5.41) is 9.81. The Morgan fingerprint density at radius 1 is 1.24 bits per heavy atom. The van der Waals surface area contributed by atoms with Gasteiger partial charge in [0.05, 0.1) is 8.07 Å². The molecule has 0 fully saturated rings. The zero-order chi connectivity index (χ0) is 12.9. The first-order valence-electron chi connectivity index (χ1n) is 5.89. The van der Waals surface area contributed by atoms with Crippen molar-refractivity contribution in [3.05, 3.63) is 47.2 Å². The van der Waals surface area contributed by atoms with Gasteiger partial charge in [0.1, 0.15) is 0 Å². The van der Waals surface area contributed by atoms with Gasteiger partial charge < -0.3 is 5.11 Å². The van der Waals surface area contributed by atoms with Gasteiger partial charge in [0, 0.05) is 5.20 Å². The molecule has 0 aliphatic rings. The van der Waals surface area contributed by atoms with E-state index >= 15 is 0 Å². The molecule has 0 atom stereocenters. The summed E-state index contributed by atoms with van der Waals surface area (Å²) in [6, 6.07) is 10.2. The zero-order valence-corrected chi connectivity index (χ0v) is 11.7. The van der Waals surface area contributed by atoms with Crippen LogP contribution in [0.5, 0.6) is 0 Å². The molecular weight excluding hydrogens is 228 g/mol. The van der Waals surface area contributed by atoms with Gasteiger partial charge in [0.2, 0.25) is 0 Å². The number of benzene rings is 1. The third-order valence-electron chi connectivity index (χ3n) is 2.66. The molecule has 3 heteroatoms. The molecule has 17 heavy (non-hydrogen) atoms. The lowest BCUT2D eigenvalue weighted by atomic mass is 10.1. The Bertz CT molecular complexity index is 402. The van der Waals surface area contributed by atoms with E-state index in [0.29, 0.717) is 5.20 Å². The van der Waals surface area contributed by atoms with Crippen LogP contribution in [0.4, 0.5) is 0 Å². The van der Waals surface area contributed by atoms with E-state index in [1.54, 1.807) is 0 Å². The topological polar surface area (TPSA) is 37.3 Å². The fourth-order valence-electron chi connectivity index (χ4n) is 1.74. The molecule has 0 bridgehead atoms. The first kappa shape index (κ1) is 13.7. The minimum atomic E-state index is -1.73. The molecule has 0 saturated heterocycles. The molecule has 0 unspecified atom stereocenters. The maximum absolute atomic E-state index is 11.2. The van der Waals surface area contributed by atoms with Crippen LogP contribution in [-0.2, 0) is 11.2 Å². The minimum Gasteiger partial charge on any atom is -0.478 e. The molecule has 1 aromatic carbocycles. The summed E-state index contributed by atoms with van der Waals surface area (Å²) in [7, 11) is -1.73. The number of hydrogen-bond acceptors (Lipinski definition) is 1. The van der Waals surface area contributed by atoms with Crippen molar-refractivity contribution in [1.82, 2.24) is 0 Å². The molecule has 1 N–H and O–H groups in total. The van der Waals surface area contributed by atoms with Gasteiger partial charge in [-0.15, -0.1) is 0 Å². The van der Waals surface area contributed by atoms with Crippen LogP contribution in [0.3, 0.4) is 0 Å². The van der Waals surface area contributed by atoms with E-state index in [9.17, 15) is 9.90 Å². The predicted octanol–water partition coefficient (Wildman–Crippen LogP) is 3.51. The number of aryl methyl sites for hydroxylation is 1. The molecular formula is C14H20O2Si. The minimum absolute atomic E-state index is 0.633. The Hall–Kier alpha value is -1.35. The van der Waals surface area contributed by atoms with Gasteiger partial charge in [0.25, 0.3) is 0 Å². The highest BCUT2D eigenvalue weighted by Crippen LogP contribution is 2.16. The van der Waals surface area contributed by atoms with E-state index in [2.05, 4.69) is 31.8 Å². The Morgan fingerprint density at radius 3 is 2.29 bits per heavy atom. The van der Waals surface area contributed by atoms with Gasteiger partial charge in [-0.1, -0.05) is 56.0 Å². The molecule has 0 spiro atoms. The van der Waals surface area contributed by atoms with E-state index in [0.717, 1.165) is 12.8 Å². The molecule has 0 aromatic heterocycles. The van der Waals surface area contributed by atoms with Crippen molar-refractivity contribution in [3.8, 4) is 0 Å². The number of rotatable bonds is 5. The monoisotopic (exact) mass is 248 g/mol. The van der Waals surface area contributed by atoms with E-state index < -0.39 is 14.0 Å². The van der Waals surface area contributed by atoms with E-state index in [4.69, 9.17) is 0 Å². The number of aliphatic carboxylic acids is 1. The first-order valence-corrected chi connectivity index (χ1v) is 9.39. The number of hydrogen-bond donors (Lipinski definition) is 1. The van der Waals surface area contributed by atoms with Crippen LogP contribution < -0.4 is 0 Å². The van der Waals surface area contributed by atoms with Crippen molar-refractivity contribution >= 4 is 14.0 Å². The van der Waals surface area contributed by atoms with Crippen LogP contribution in [-0.4, -0.2) is 19.1 Å². The second-order valence-electron chi connectivity index (χ2n) is 5.20. The molecule has 1 rings (SSSR count). The van der Waals surface area contributed by atoms with Crippen LogP contribution in [0.15, 0.2) is 41.6 Å². The van der Waals surface area contributed by atoms with Gasteiger partial charge >= 0.3 is 5.97 Å².